The van der Waals surface area contributed by atoms with Gasteiger partial charge >= 0.3 is 0 Å². The molecule has 0 radical (unpaired) electrons. The van der Waals surface area contributed by atoms with Crippen LogP contribution in [0, 0.1) is 0 Å². The van der Waals surface area contributed by atoms with Gasteiger partial charge in [0, 0.05) is 55.9 Å². The molecule has 2 heterocycles. The van der Waals surface area contributed by atoms with E-state index in [-0.39, 0.29) is 24.8 Å². The number of amidine groups is 1. The van der Waals surface area contributed by atoms with Crippen molar-refractivity contribution in [2.24, 2.45) is 10.7 Å². The first-order valence-corrected chi connectivity index (χ1v) is 12.5. The maximum absolute atomic E-state index is 13.2. The fourth-order valence-electron chi connectivity index (χ4n) is 4.67. The molecule has 0 aliphatic carbocycles. The molecular formula is C28H34N4O4. The Bertz CT molecular complexity index is 1170. The fourth-order valence-corrected chi connectivity index (χ4v) is 4.67. The van der Waals surface area contributed by atoms with Crippen LogP contribution in [0.2, 0.25) is 0 Å². The number of fused-ring (bicyclic) bond motifs is 1. The molecule has 2 aromatic rings. The molecule has 4 N–H and O–H groups in total. The van der Waals surface area contributed by atoms with Crippen LogP contribution in [0.3, 0.4) is 0 Å². The monoisotopic (exact) mass is 490 g/mol. The highest BCUT2D eigenvalue weighted by atomic mass is 16.3. The van der Waals surface area contributed by atoms with Crippen molar-refractivity contribution in [1.82, 2.24) is 9.80 Å². The number of aliphatic hydroxyl groups is 2. The van der Waals surface area contributed by atoms with Gasteiger partial charge in [0.2, 0.25) is 5.91 Å². The number of carbonyl (C=O) groups is 2. The molecule has 0 bridgehead atoms. The van der Waals surface area contributed by atoms with Gasteiger partial charge in [-0.1, -0.05) is 31.2 Å². The molecule has 2 aliphatic rings. The lowest BCUT2D eigenvalue weighted by Crippen LogP contribution is -2.35. The minimum absolute atomic E-state index is 0.0400. The van der Waals surface area contributed by atoms with E-state index in [1.54, 1.807) is 21.9 Å². The SMILES string of the molecule is CCCN(CCCO)C(=O)C1=Cc2ccc(-c3ccc(C(=O)N4CC[C@H](O)C4)cc3)cc2N=C(N)C1. The summed E-state index contributed by atoms with van der Waals surface area (Å²) in [5, 5.41) is 18.9. The lowest BCUT2D eigenvalue weighted by Gasteiger charge is -2.23. The number of rotatable bonds is 8. The van der Waals surface area contributed by atoms with Gasteiger partial charge in [0.1, 0.15) is 5.84 Å². The third kappa shape index (κ3) is 5.83. The number of nitrogens with zero attached hydrogens (tertiary/aromatic N) is 3. The Morgan fingerprint density at radius 1 is 1.14 bits per heavy atom. The molecule has 1 fully saturated rings. The maximum Gasteiger partial charge on any atom is 0.253 e. The molecule has 0 spiro atoms. The average Bonchev–Trinajstić information content (AvgIpc) is 3.24. The molecule has 2 aliphatic heterocycles. The number of carbonyl (C=O) groups excluding carboxylic acids is 2. The predicted molar refractivity (Wildman–Crippen MR) is 141 cm³/mol. The quantitative estimate of drug-likeness (QED) is 0.526. The van der Waals surface area contributed by atoms with Crippen LogP contribution in [-0.2, 0) is 4.79 Å². The molecule has 0 aromatic heterocycles. The van der Waals surface area contributed by atoms with E-state index in [1.807, 2.05) is 43.3 Å². The van der Waals surface area contributed by atoms with Crippen LogP contribution in [0.25, 0.3) is 17.2 Å². The van der Waals surface area contributed by atoms with Crippen LogP contribution in [0.4, 0.5) is 5.69 Å². The molecule has 2 aromatic carbocycles. The second-order valence-corrected chi connectivity index (χ2v) is 9.36. The van der Waals surface area contributed by atoms with Crippen molar-refractivity contribution in [2.45, 2.75) is 38.7 Å². The van der Waals surface area contributed by atoms with Crippen molar-refractivity contribution < 1.29 is 19.8 Å². The van der Waals surface area contributed by atoms with Crippen molar-refractivity contribution in [3.63, 3.8) is 0 Å². The molecule has 0 unspecified atom stereocenters. The Kier molecular flexibility index (Phi) is 8.18. The van der Waals surface area contributed by atoms with Crippen LogP contribution < -0.4 is 5.73 Å². The van der Waals surface area contributed by atoms with E-state index in [1.165, 1.54) is 0 Å². The first-order chi connectivity index (χ1) is 17.4. The molecule has 0 saturated carbocycles. The summed E-state index contributed by atoms with van der Waals surface area (Å²) in [6, 6.07) is 13.3. The summed E-state index contributed by atoms with van der Waals surface area (Å²) in [6.07, 6.45) is 3.67. The van der Waals surface area contributed by atoms with E-state index in [4.69, 9.17) is 5.73 Å². The van der Waals surface area contributed by atoms with Gasteiger partial charge in [-0.3, -0.25) is 9.59 Å². The summed E-state index contributed by atoms with van der Waals surface area (Å²) in [4.78, 5) is 33.9. The molecular weight excluding hydrogens is 456 g/mol. The number of nitrogens with two attached hydrogens (primary N) is 1. The number of aliphatic hydroxyl groups excluding tert-OH is 2. The number of aliphatic imine (C=N–C) groups is 1. The highest BCUT2D eigenvalue weighted by Gasteiger charge is 2.25. The van der Waals surface area contributed by atoms with Crippen molar-refractivity contribution >= 4 is 29.4 Å². The zero-order valence-electron chi connectivity index (χ0n) is 20.7. The molecule has 36 heavy (non-hydrogen) atoms. The minimum Gasteiger partial charge on any atom is -0.396 e. The first-order valence-electron chi connectivity index (χ1n) is 12.5. The Morgan fingerprint density at radius 2 is 1.89 bits per heavy atom. The van der Waals surface area contributed by atoms with Gasteiger partial charge in [0.05, 0.1) is 11.8 Å². The third-order valence-electron chi connectivity index (χ3n) is 6.55. The van der Waals surface area contributed by atoms with Gasteiger partial charge in [-0.25, -0.2) is 4.99 Å². The fraction of sp³-hybridized carbons (Fsp3) is 0.393. The van der Waals surface area contributed by atoms with Crippen molar-refractivity contribution in [3.05, 3.63) is 59.2 Å². The summed E-state index contributed by atoms with van der Waals surface area (Å²) in [5.74, 6) is 0.222. The number of β-amino-alcohol motifs (C(OH)–C–C–N with tert-alkyl or cyclic N) is 1. The standard InChI is InChI=1S/C28H34N4O4/c1-2-11-31(12-3-14-33)28(36)23-15-22-9-8-21(16-25(22)30-26(29)17-23)19-4-6-20(7-5-19)27(35)32-13-10-24(34)18-32/h4-9,15-16,24,33-34H,2-3,10-14,17-18H2,1H3,(H2,29,30)/t24-/m0/s1. The Hall–Kier alpha value is -3.49. The van der Waals surface area contributed by atoms with Crippen molar-refractivity contribution in [2.75, 3.05) is 32.8 Å². The van der Waals surface area contributed by atoms with Crippen LogP contribution in [0.1, 0.15) is 48.5 Å². The van der Waals surface area contributed by atoms with Crippen molar-refractivity contribution in [3.8, 4) is 11.1 Å². The van der Waals surface area contributed by atoms with Gasteiger partial charge in [-0.15, -0.1) is 0 Å². The van der Waals surface area contributed by atoms with Crippen LogP contribution in [0.5, 0.6) is 0 Å². The summed E-state index contributed by atoms with van der Waals surface area (Å²) in [6.45, 7) is 4.13. The van der Waals surface area contributed by atoms with Crippen LogP contribution in [0.15, 0.2) is 53.0 Å². The number of benzene rings is 2. The normalized spacial score (nSPS) is 17.2. The van der Waals surface area contributed by atoms with Gasteiger partial charge in [-0.2, -0.15) is 0 Å². The highest BCUT2D eigenvalue weighted by Crippen LogP contribution is 2.32. The van der Waals surface area contributed by atoms with Crippen LogP contribution in [-0.4, -0.2) is 76.6 Å². The molecule has 8 heteroatoms. The lowest BCUT2D eigenvalue weighted by atomic mass is 9.99. The smallest absolute Gasteiger partial charge is 0.253 e. The first kappa shape index (κ1) is 25.6. The van der Waals surface area contributed by atoms with E-state index in [2.05, 4.69) is 4.99 Å². The summed E-state index contributed by atoms with van der Waals surface area (Å²) < 4.78 is 0. The number of likely N-dealkylation sites (tertiary alicyclic amines) is 1. The van der Waals surface area contributed by atoms with E-state index < -0.39 is 6.10 Å². The Labute approximate surface area is 211 Å². The van der Waals surface area contributed by atoms with Gasteiger partial charge in [0.15, 0.2) is 0 Å². The van der Waals surface area contributed by atoms with Gasteiger partial charge < -0.3 is 25.7 Å². The van der Waals surface area contributed by atoms with E-state index in [9.17, 15) is 19.8 Å². The van der Waals surface area contributed by atoms with E-state index in [0.717, 1.165) is 23.1 Å². The number of hydrogen-bond donors (Lipinski definition) is 3. The highest BCUT2D eigenvalue weighted by molar-refractivity contribution is 6.05. The Morgan fingerprint density at radius 3 is 2.56 bits per heavy atom. The minimum atomic E-state index is -0.444. The second kappa shape index (κ2) is 11.5. The lowest BCUT2D eigenvalue weighted by molar-refractivity contribution is -0.127. The largest absolute Gasteiger partial charge is 0.396 e. The molecule has 1 atom stereocenters. The molecule has 8 nitrogen and oxygen atoms in total. The average molecular weight is 491 g/mol. The third-order valence-corrected chi connectivity index (χ3v) is 6.55. The van der Waals surface area contributed by atoms with Gasteiger partial charge in [-0.05, 0) is 54.7 Å². The van der Waals surface area contributed by atoms with Crippen molar-refractivity contribution in [1.29, 1.82) is 0 Å². The van der Waals surface area contributed by atoms with E-state index >= 15 is 0 Å². The second-order valence-electron chi connectivity index (χ2n) is 9.36. The summed E-state index contributed by atoms with van der Waals surface area (Å²) in [5.41, 5.74) is 10.8. The maximum atomic E-state index is 13.2. The Balaban J connectivity index is 1.56. The molecule has 4 rings (SSSR count). The van der Waals surface area contributed by atoms with Gasteiger partial charge in [0.25, 0.3) is 5.91 Å². The van der Waals surface area contributed by atoms with Crippen LogP contribution >= 0.6 is 0 Å². The topological polar surface area (TPSA) is 119 Å². The summed E-state index contributed by atoms with van der Waals surface area (Å²) in [7, 11) is 0. The zero-order chi connectivity index (χ0) is 25.7. The zero-order valence-corrected chi connectivity index (χ0v) is 20.7. The number of amides is 2. The molecule has 190 valence electrons. The molecule has 1 saturated heterocycles. The predicted octanol–water partition coefficient (Wildman–Crippen LogP) is 2.96. The summed E-state index contributed by atoms with van der Waals surface area (Å²) >= 11 is 0. The molecule has 2 amide bonds. The number of hydrogen-bond acceptors (Lipinski definition) is 6. The van der Waals surface area contributed by atoms with E-state index in [0.29, 0.717) is 61.7 Å².